The number of esters is 1. The lowest BCUT2D eigenvalue weighted by Gasteiger charge is -2.19. The first-order chi connectivity index (χ1) is 8.94. The average molecular weight is 277 g/mol. The van der Waals surface area contributed by atoms with Crippen LogP contribution in [-0.4, -0.2) is 21.5 Å². The van der Waals surface area contributed by atoms with Crippen LogP contribution in [-0.2, 0) is 4.74 Å². The molecule has 0 bridgehead atoms. The van der Waals surface area contributed by atoms with E-state index in [1.807, 2.05) is 37.6 Å². The summed E-state index contributed by atoms with van der Waals surface area (Å²) in [5.41, 5.74) is 0.595. The zero-order valence-corrected chi connectivity index (χ0v) is 11.8. The first-order valence-corrected chi connectivity index (χ1v) is 6.74. The van der Waals surface area contributed by atoms with E-state index < -0.39 is 11.6 Å². The van der Waals surface area contributed by atoms with Crippen LogP contribution in [0, 0.1) is 0 Å². The number of nitrogens with zero attached hydrogens (tertiary/aromatic N) is 2. The molecule has 0 atom stereocenters. The molecule has 2 aromatic rings. The second-order valence-electron chi connectivity index (χ2n) is 4.90. The van der Waals surface area contributed by atoms with Gasteiger partial charge in [-0.2, -0.15) is 11.3 Å². The number of carbonyl (C=O) groups is 1. The Hall–Kier alpha value is -1.95. The maximum atomic E-state index is 11.9. The maximum absolute atomic E-state index is 11.9. The highest BCUT2D eigenvalue weighted by molar-refractivity contribution is 7.08. The molecule has 0 fully saturated rings. The lowest BCUT2D eigenvalue weighted by molar-refractivity contribution is 0.00628. The average Bonchev–Trinajstić information content (AvgIpc) is 2.80. The summed E-state index contributed by atoms with van der Waals surface area (Å²) in [6, 6.07) is 3.45. The zero-order valence-electron chi connectivity index (χ0n) is 11.0. The largest absolute Gasteiger partial charge is 0.455 e. The predicted octanol–water partition coefficient (Wildman–Crippen LogP) is 3.24. The van der Waals surface area contributed by atoms with Crippen molar-refractivity contribution in [3.05, 3.63) is 34.8 Å². The van der Waals surface area contributed by atoms with Crippen LogP contribution >= 0.6 is 11.3 Å². The lowest BCUT2D eigenvalue weighted by Crippen LogP contribution is -2.24. The highest BCUT2D eigenvalue weighted by Crippen LogP contribution is 2.17. The Labute approximate surface area is 115 Å². The summed E-state index contributed by atoms with van der Waals surface area (Å²) in [6.45, 7) is 5.45. The molecule has 0 radical (unpaired) electrons. The lowest BCUT2D eigenvalue weighted by atomic mass is 10.2. The molecule has 100 valence electrons. The van der Waals surface area contributed by atoms with E-state index in [1.54, 1.807) is 11.3 Å². The van der Waals surface area contributed by atoms with Gasteiger partial charge in [0.1, 0.15) is 5.60 Å². The normalized spacial score (nSPS) is 11.1. The van der Waals surface area contributed by atoms with E-state index >= 15 is 0 Å². The molecule has 1 N–H and O–H groups in total. The number of hydrogen-bond donors (Lipinski definition) is 1. The van der Waals surface area contributed by atoms with Crippen LogP contribution in [0.3, 0.4) is 0 Å². The molecule has 0 aliphatic carbocycles. The van der Waals surface area contributed by atoms with Gasteiger partial charge in [0, 0.05) is 11.6 Å². The van der Waals surface area contributed by atoms with Gasteiger partial charge in [-0.1, -0.05) is 0 Å². The van der Waals surface area contributed by atoms with Crippen LogP contribution in [0.5, 0.6) is 0 Å². The van der Waals surface area contributed by atoms with Gasteiger partial charge in [-0.3, -0.25) is 0 Å². The molecular formula is C13H15N3O2S. The molecule has 0 amide bonds. The van der Waals surface area contributed by atoms with Crippen molar-refractivity contribution in [3.8, 4) is 0 Å². The van der Waals surface area contributed by atoms with Gasteiger partial charge in [0.25, 0.3) is 0 Å². The van der Waals surface area contributed by atoms with Gasteiger partial charge in [0.15, 0.2) is 5.69 Å². The topological polar surface area (TPSA) is 64.1 Å². The Morgan fingerprint density at radius 1 is 1.37 bits per heavy atom. The Balaban J connectivity index is 2.13. The number of nitrogens with one attached hydrogen (secondary N) is 1. The predicted molar refractivity (Wildman–Crippen MR) is 74.8 cm³/mol. The molecule has 0 unspecified atom stereocenters. The molecular weight excluding hydrogens is 262 g/mol. The van der Waals surface area contributed by atoms with Crippen molar-refractivity contribution in [2.45, 2.75) is 26.4 Å². The van der Waals surface area contributed by atoms with Crippen molar-refractivity contribution in [2.75, 3.05) is 5.32 Å². The molecule has 0 aromatic carbocycles. The Kier molecular flexibility index (Phi) is 3.80. The number of anilines is 2. The van der Waals surface area contributed by atoms with Crippen molar-refractivity contribution in [1.29, 1.82) is 0 Å². The summed E-state index contributed by atoms with van der Waals surface area (Å²) in [5, 5.41) is 6.90. The fourth-order valence-electron chi connectivity index (χ4n) is 1.33. The third-order valence-corrected chi connectivity index (χ3v) is 2.72. The Morgan fingerprint density at radius 3 is 2.79 bits per heavy atom. The van der Waals surface area contributed by atoms with Crippen LogP contribution in [0.25, 0.3) is 0 Å². The summed E-state index contributed by atoms with van der Waals surface area (Å²) in [5.74, 6) is -0.0787. The van der Waals surface area contributed by atoms with Crippen LogP contribution in [0.2, 0.25) is 0 Å². The Bertz CT molecular complexity index is 562. The number of rotatable bonds is 3. The molecule has 5 nitrogen and oxygen atoms in total. The third kappa shape index (κ3) is 4.03. The van der Waals surface area contributed by atoms with Crippen molar-refractivity contribution >= 4 is 28.9 Å². The van der Waals surface area contributed by atoms with Crippen LogP contribution in [0.4, 0.5) is 11.6 Å². The number of ether oxygens (including phenoxy) is 1. The van der Waals surface area contributed by atoms with Crippen LogP contribution in [0.1, 0.15) is 31.3 Å². The quantitative estimate of drug-likeness (QED) is 0.872. The van der Waals surface area contributed by atoms with E-state index in [2.05, 4.69) is 15.3 Å². The number of thiophene rings is 1. The fourth-order valence-corrected chi connectivity index (χ4v) is 1.92. The van der Waals surface area contributed by atoms with Crippen molar-refractivity contribution < 1.29 is 9.53 Å². The van der Waals surface area contributed by atoms with E-state index in [9.17, 15) is 4.79 Å². The summed E-state index contributed by atoms with van der Waals surface area (Å²) < 4.78 is 5.26. The maximum Gasteiger partial charge on any atom is 0.357 e. The molecule has 2 aromatic heterocycles. The van der Waals surface area contributed by atoms with Crippen molar-refractivity contribution in [2.24, 2.45) is 0 Å². The van der Waals surface area contributed by atoms with E-state index in [1.165, 1.54) is 12.3 Å². The molecule has 6 heteroatoms. The van der Waals surface area contributed by atoms with Gasteiger partial charge in [-0.25, -0.2) is 14.8 Å². The molecule has 0 saturated carbocycles. The first-order valence-electron chi connectivity index (χ1n) is 5.80. The van der Waals surface area contributed by atoms with Gasteiger partial charge in [-0.05, 0) is 38.3 Å². The monoisotopic (exact) mass is 277 g/mol. The van der Waals surface area contributed by atoms with Crippen LogP contribution < -0.4 is 5.32 Å². The van der Waals surface area contributed by atoms with E-state index in [4.69, 9.17) is 4.74 Å². The minimum atomic E-state index is -0.539. The molecule has 2 rings (SSSR count). The second-order valence-corrected chi connectivity index (χ2v) is 5.68. The summed E-state index contributed by atoms with van der Waals surface area (Å²) in [7, 11) is 0. The second kappa shape index (κ2) is 5.36. The number of hydrogen-bond acceptors (Lipinski definition) is 6. The van der Waals surface area contributed by atoms with Gasteiger partial charge in [0.2, 0.25) is 5.95 Å². The zero-order chi connectivity index (χ0) is 13.9. The summed E-state index contributed by atoms with van der Waals surface area (Å²) in [4.78, 5) is 20.1. The Morgan fingerprint density at radius 2 is 2.16 bits per heavy atom. The van der Waals surface area contributed by atoms with Crippen molar-refractivity contribution in [1.82, 2.24) is 9.97 Å². The molecule has 0 spiro atoms. The van der Waals surface area contributed by atoms with Gasteiger partial charge >= 0.3 is 5.97 Å². The summed E-state index contributed by atoms with van der Waals surface area (Å²) in [6.07, 6.45) is 1.53. The minimum absolute atomic E-state index is 0.239. The fraction of sp³-hybridized carbons (Fsp3) is 0.308. The first kappa shape index (κ1) is 13.5. The van der Waals surface area contributed by atoms with Crippen molar-refractivity contribution in [3.63, 3.8) is 0 Å². The van der Waals surface area contributed by atoms with Gasteiger partial charge in [-0.15, -0.1) is 0 Å². The summed E-state index contributed by atoms with van der Waals surface area (Å²) >= 11 is 1.57. The minimum Gasteiger partial charge on any atom is -0.455 e. The van der Waals surface area contributed by atoms with Crippen LogP contribution in [0.15, 0.2) is 29.1 Å². The molecule has 2 heterocycles. The third-order valence-electron chi connectivity index (χ3n) is 2.04. The molecule has 19 heavy (non-hydrogen) atoms. The standard InChI is InChI=1S/C13H15N3O2S/c1-13(2,3)18-11(17)10-4-6-14-12(16-10)15-9-5-7-19-8-9/h4-8H,1-3H3,(H,14,15,16). The SMILES string of the molecule is CC(C)(C)OC(=O)c1ccnc(Nc2ccsc2)n1. The molecule has 0 aliphatic heterocycles. The highest BCUT2D eigenvalue weighted by atomic mass is 32.1. The molecule has 0 aliphatic rings. The van der Waals surface area contributed by atoms with E-state index in [-0.39, 0.29) is 5.69 Å². The smallest absolute Gasteiger partial charge is 0.357 e. The number of carbonyl (C=O) groups excluding carboxylic acids is 1. The number of aromatic nitrogens is 2. The van der Waals surface area contributed by atoms with Gasteiger partial charge in [0.05, 0.1) is 5.69 Å². The van der Waals surface area contributed by atoms with E-state index in [0.29, 0.717) is 5.95 Å². The highest BCUT2D eigenvalue weighted by Gasteiger charge is 2.19. The van der Waals surface area contributed by atoms with Gasteiger partial charge < -0.3 is 10.1 Å². The van der Waals surface area contributed by atoms with E-state index in [0.717, 1.165) is 5.69 Å². The molecule has 0 saturated heterocycles.